The first-order valence-corrected chi connectivity index (χ1v) is 9.97. The first-order valence-electron chi connectivity index (χ1n) is 9.97. The van der Waals surface area contributed by atoms with Gasteiger partial charge in [-0.3, -0.25) is 9.69 Å². The predicted octanol–water partition coefficient (Wildman–Crippen LogP) is 4.02. The van der Waals surface area contributed by atoms with Gasteiger partial charge < -0.3 is 14.8 Å². The van der Waals surface area contributed by atoms with Gasteiger partial charge >= 0.3 is 0 Å². The van der Waals surface area contributed by atoms with E-state index in [-0.39, 0.29) is 23.6 Å². The number of benzene rings is 2. The third-order valence-corrected chi connectivity index (χ3v) is 5.58. The van der Waals surface area contributed by atoms with Crippen LogP contribution in [-0.4, -0.2) is 35.1 Å². The lowest BCUT2D eigenvalue weighted by molar-refractivity contribution is 0.0792. The van der Waals surface area contributed by atoms with Gasteiger partial charge in [0.2, 0.25) is 0 Å². The molecule has 29 heavy (non-hydrogen) atoms. The Kier molecular flexibility index (Phi) is 5.65. The summed E-state index contributed by atoms with van der Waals surface area (Å²) in [6.45, 7) is 4.45. The number of hydrogen-bond donors (Lipinski definition) is 2. The maximum atomic E-state index is 13.8. The first-order chi connectivity index (χ1) is 14.0. The molecule has 0 bridgehead atoms. The van der Waals surface area contributed by atoms with Gasteiger partial charge in [-0.15, -0.1) is 0 Å². The topological polar surface area (TPSA) is 65.7 Å². The van der Waals surface area contributed by atoms with Crippen molar-refractivity contribution in [2.75, 3.05) is 13.1 Å². The maximum Gasteiger partial charge on any atom is 0.251 e. The largest absolute Gasteiger partial charge is 0.461 e. The molecule has 1 aromatic heterocycles. The van der Waals surface area contributed by atoms with E-state index in [1.807, 2.05) is 31.2 Å². The zero-order valence-electron chi connectivity index (χ0n) is 16.4. The van der Waals surface area contributed by atoms with Crippen LogP contribution in [0.2, 0.25) is 0 Å². The van der Waals surface area contributed by atoms with Crippen LogP contribution in [0.5, 0.6) is 0 Å². The van der Waals surface area contributed by atoms with Gasteiger partial charge in [0, 0.05) is 36.1 Å². The van der Waals surface area contributed by atoms with E-state index in [1.54, 1.807) is 12.1 Å². The van der Waals surface area contributed by atoms with Crippen LogP contribution < -0.4 is 5.32 Å². The molecule has 2 aromatic carbocycles. The van der Waals surface area contributed by atoms with E-state index in [0.29, 0.717) is 10.9 Å². The fourth-order valence-electron chi connectivity index (χ4n) is 3.83. The Hall–Kier alpha value is -2.70. The van der Waals surface area contributed by atoms with Gasteiger partial charge in [-0.2, -0.15) is 0 Å². The second-order valence-electron chi connectivity index (χ2n) is 7.71. The number of likely N-dealkylation sites (tertiary alicyclic amines) is 1. The number of fused-ring (bicyclic) bond motifs is 1. The first kappa shape index (κ1) is 19.6. The van der Waals surface area contributed by atoms with Crippen molar-refractivity contribution < 1.29 is 18.7 Å². The molecule has 0 saturated carbocycles. The van der Waals surface area contributed by atoms with Gasteiger partial charge in [0.1, 0.15) is 0 Å². The summed E-state index contributed by atoms with van der Waals surface area (Å²) in [5.74, 6) is -0.595. The number of para-hydroxylation sites is 1. The summed E-state index contributed by atoms with van der Waals surface area (Å²) in [5.41, 5.74) is 2.67. The van der Waals surface area contributed by atoms with Crippen LogP contribution in [0.25, 0.3) is 11.0 Å². The molecule has 1 atom stereocenters. The normalized spacial score (nSPS) is 16.8. The number of carbonyl (C=O) groups is 1. The molecule has 2 N–H and O–H groups in total. The number of furan rings is 1. The maximum absolute atomic E-state index is 13.8. The third kappa shape index (κ3) is 4.33. The highest BCUT2D eigenvalue weighted by molar-refractivity contribution is 5.95. The SMILES string of the molecule is C[C@@H](NC(=O)c1ccc(CN2CCC(O)CC2)cc1)c1coc2c(F)cccc12. The van der Waals surface area contributed by atoms with Crippen LogP contribution in [0.4, 0.5) is 4.39 Å². The lowest BCUT2D eigenvalue weighted by Gasteiger charge is -2.29. The van der Waals surface area contributed by atoms with Crippen molar-refractivity contribution in [2.45, 2.75) is 38.5 Å². The molecule has 1 aliphatic heterocycles. The zero-order valence-corrected chi connectivity index (χ0v) is 16.4. The number of aliphatic hydroxyl groups excluding tert-OH is 1. The molecule has 3 aromatic rings. The molecule has 1 fully saturated rings. The standard InChI is InChI=1S/C23H25FN2O3/c1-15(20-14-29-22-19(20)3-2-4-21(22)24)25-23(28)17-7-5-16(6-8-17)13-26-11-9-18(27)10-12-26/h2-8,14-15,18,27H,9-13H2,1H3,(H,25,28)/t15-/m1/s1. The molecule has 6 heteroatoms. The second-order valence-corrected chi connectivity index (χ2v) is 7.71. The summed E-state index contributed by atoms with van der Waals surface area (Å²) in [5, 5.41) is 13.2. The average Bonchev–Trinajstić information content (AvgIpc) is 3.16. The second kappa shape index (κ2) is 8.35. The number of carbonyl (C=O) groups excluding carboxylic acids is 1. The van der Waals surface area contributed by atoms with Crippen LogP contribution in [0.15, 0.2) is 53.1 Å². The fraction of sp³-hybridized carbons (Fsp3) is 0.348. The minimum absolute atomic E-state index is 0.178. The minimum Gasteiger partial charge on any atom is -0.461 e. The summed E-state index contributed by atoms with van der Waals surface area (Å²) >= 11 is 0. The predicted molar refractivity (Wildman–Crippen MR) is 109 cm³/mol. The molecule has 0 spiro atoms. The van der Waals surface area contributed by atoms with Gasteiger partial charge in [-0.05, 0) is 43.5 Å². The van der Waals surface area contributed by atoms with Crippen molar-refractivity contribution in [1.82, 2.24) is 10.2 Å². The molecule has 0 radical (unpaired) electrons. The summed E-state index contributed by atoms with van der Waals surface area (Å²) < 4.78 is 19.2. The summed E-state index contributed by atoms with van der Waals surface area (Å²) in [6.07, 6.45) is 2.94. The Bertz CT molecular complexity index is 991. The van der Waals surface area contributed by atoms with Gasteiger partial charge in [-0.25, -0.2) is 4.39 Å². The lowest BCUT2D eigenvalue weighted by atomic mass is 10.0. The van der Waals surface area contributed by atoms with E-state index in [9.17, 15) is 14.3 Å². The van der Waals surface area contributed by atoms with E-state index in [0.717, 1.165) is 43.6 Å². The van der Waals surface area contributed by atoms with Crippen LogP contribution in [-0.2, 0) is 6.54 Å². The number of rotatable bonds is 5. The number of nitrogens with zero attached hydrogens (tertiary/aromatic N) is 1. The van der Waals surface area contributed by atoms with Crippen LogP contribution in [0.1, 0.15) is 47.3 Å². The number of amides is 1. The Labute approximate surface area is 169 Å². The average molecular weight is 396 g/mol. The van der Waals surface area contributed by atoms with Crippen molar-refractivity contribution in [3.8, 4) is 0 Å². The highest BCUT2D eigenvalue weighted by Crippen LogP contribution is 2.28. The number of nitrogens with one attached hydrogen (secondary N) is 1. The highest BCUT2D eigenvalue weighted by atomic mass is 19.1. The van der Waals surface area contributed by atoms with E-state index in [4.69, 9.17) is 4.42 Å². The molecular formula is C23H25FN2O3. The molecule has 152 valence electrons. The van der Waals surface area contributed by atoms with Crippen LogP contribution in [0.3, 0.4) is 0 Å². The lowest BCUT2D eigenvalue weighted by Crippen LogP contribution is -2.35. The number of halogens is 1. The molecule has 0 unspecified atom stereocenters. The van der Waals surface area contributed by atoms with E-state index in [2.05, 4.69) is 10.2 Å². The molecule has 1 saturated heterocycles. The van der Waals surface area contributed by atoms with E-state index in [1.165, 1.54) is 12.3 Å². The molecular weight excluding hydrogens is 371 g/mol. The molecule has 0 aliphatic carbocycles. The quantitative estimate of drug-likeness (QED) is 0.684. The zero-order chi connectivity index (χ0) is 20.4. The van der Waals surface area contributed by atoms with Gasteiger partial charge in [0.15, 0.2) is 11.4 Å². The molecule has 1 aliphatic rings. The number of hydrogen-bond acceptors (Lipinski definition) is 4. The summed E-state index contributed by atoms with van der Waals surface area (Å²) in [6, 6.07) is 12.0. The fourth-order valence-corrected chi connectivity index (χ4v) is 3.83. The van der Waals surface area contributed by atoms with Crippen LogP contribution in [0, 0.1) is 5.82 Å². The minimum atomic E-state index is -0.411. The Morgan fingerprint density at radius 1 is 1.24 bits per heavy atom. The number of aliphatic hydroxyl groups is 1. The van der Waals surface area contributed by atoms with Crippen molar-refractivity contribution in [3.05, 3.63) is 71.2 Å². The van der Waals surface area contributed by atoms with Crippen molar-refractivity contribution in [1.29, 1.82) is 0 Å². The highest BCUT2D eigenvalue weighted by Gasteiger charge is 2.19. The third-order valence-electron chi connectivity index (χ3n) is 5.58. The Balaban J connectivity index is 1.39. The van der Waals surface area contributed by atoms with Crippen molar-refractivity contribution in [3.63, 3.8) is 0 Å². The Morgan fingerprint density at radius 2 is 1.97 bits per heavy atom. The van der Waals surface area contributed by atoms with Crippen molar-refractivity contribution >= 4 is 16.9 Å². The summed E-state index contributed by atoms with van der Waals surface area (Å²) in [7, 11) is 0. The molecule has 4 rings (SSSR count). The Morgan fingerprint density at radius 3 is 2.69 bits per heavy atom. The van der Waals surface area contributed by atoms with Crippen molar-refractivity contribution in [2.24, 2.45) is 0 Å². The van der Waals surface area contributed by atoms with Gasteiger partial charge in [0.25, 0.3) is 5.91 Å². The number of piperidine rings is 1. The molecule has 2 heterocycles. The monoisotopic (exact) mass is 396 g/mol. The van der Waals surface area contributed by atoms with Gasteiger partial charge in [0.05, 0.1) is 18.4 Å². The smallest absolute Gasteiger partial charge is 0.251 e. The summed E-state index contributed by atoms with van der Waals surface area (Å²) in [4.78, 5) is 14.9. The molecule has 5 nitrogen and oxygen atoms in total. The van der Waals surface area contributed by atoms with E-state index >= 15 is 0 Å². The molecule has 1 amide bonds. The van der Waals surface area contributed by atoms with E-state index < -0.39 is 5.82 Å². The van der Waals surface area contributed by atoms with Crippen LogP contribution >= 0.6 is 0 Å². The van der Waals surface area contributed by atoms with Gasteiger partial charge in [-0.1, -0.05) is 24.3 Å².